The lowest BCUT2D eigenvalue weighted by Crippen LogP contribution is -2.16. The van der Waals surface area contributed by atoms with Gasteiger partial charge >= 0.3 is 0 Å². The lowest BCUT2D eigenvalue weighted by Gasteiger charge is -2.13. The summed E-state index contributed by atoms with van der Waals surface area (Å²) in [4.78, 5) is 12.9. The molecule has 0 saturated carbocycles. The van der Waals surface area contributed by atoms with Crippen LogP contribution in [0.2, 0.25) is 0 Å². The zero-order chi connectivity index (χ0) is 19.7. The molecule has 27 heavy (non-hydrogen) atoms. The van der Waals surface area contributed by atoms with Crippen LogP contribution in [0.4, 0.5) is 4.39 Å². The molecule has 0 bridgehead atoms. The highest BCUT2D eigenvalue weighted by molar-refractivity contribution is 8.00. The van der Waals surface area contributed by atoms with E-state index in [1.54, 1.807) is 12.1 Å². The Morgan fingerprint density at radius 1 is 1.04 bits per heavy atom. The van der Waals surface area contributed by atoms with E-state index in [1.807, 2.05) is 45.4 Å². The number of Topliss-reactive ketones (excluding diaryl/α,β-unsaturated/α-hetero) is 1. The smallest absolute Gasteiger partial charge is 0.191 e. The fourth-order valence-electron chi connectivity index (χ4n) is 2.92. The average Bonchev–Trinajstić information content (AvgIpc) is 2.99. The average molecular weight is 383 g/mol. The molecule has 0 aliphatic carbocycles. The highest BCUT2D eigenvalue weighted by Crippen LogP contribution is 2.28. The Kier molecular flexibility index (Phi) is 5.46. The van der Waals surface area contributed by atoms with E-state index in [0.29, 0.717) is 11.0 Å². The number of halogens is 1. The number of aryl methyl sites for hydroxylation is 3. The molecule has 1 aromatic heterocycles. The molecular weight excluding hydrogens is 361 g/mol. The number of carbonyl (C=O) groups excluding carboxylic acids is 1. The van der Waals surface area contributed by atoms with Gasteiger partial charge in [0, 0.05) is 18.2 Å². The highest BCUT2D eigenvalue weighted by atomic mass is 32.2. The van der Waals surface area contributed by atoms with Crippen molar-refractivity contribution in [3.63, 3.8) is 0 Å². The molecule has 0 radical (unpaired) electrons. The molecule has 3 rings (SSSR count). The third-order valence-corrected chi connectivity index (χ3v) is 5.83. The van der Waals surface area contributed by atoms with Gasteiger partial charge in [-0.3, -0.25) is 4.79 Å². The molecule has 0 aliphatic rings. The van der Waals surface area contributed by atoms with Crippen LogP contribution in [0.5, 0.6) is 0 Å². The largest absolute Gasteiger partial charge is 0.305 e. The summed E-state index contributed by atoms with van der Waals surface area (Å²) in [5.74, 6) is 0.421. The molecule has 0 unspecified atom stereocenters. The molecule has 6 heteroatoms. The zero-order valence-corrected chi connectivity index (χ0v) is 16.9. The number of nitrogens with zero attached hydrogens (tertiary/aromatic N) is 3. The Morgan fingerprint density at radius 3 is 2.33 bits per heavy atom. The van der Waals surface area contributed by atoms with E-state index in [2.05, 4.69) is 16.3 Å². The molecule has 0 spiro atoms. The molecule has 2 aromatic carbocycles. The zero-order valence-electron chi connectivity index (χ0n) is 16.1. The predicted molar refractivity (Wildman–Crippen MR) is 107 cm³/mol. The Labute approximate surface area is 162 Å². The number of carbonyl (C=O) groups is 1. The number of rotatable bonds is 5. The second-order valence-corrected chi connectivity index (χ2v) is 8.06. The SMILES string of the molecule is Cc1cc(C)c(C(=O)[C@H](C)Sc2nnc(-c3ccc(F)cc3)n2C)cc1C. The van der Waals surface area contributed by atoms with Crippen molar-refractivity contribution in [2.45, 2.75) is 38.1 Å². The van der Waals surface area contributed by atoms with Gasteiger partial charge in [0.1, 0.15) is 5.82 Å². The first-order chi connectivity index (χ1) is 12.8. The Hall–Kier alpha value is -2.47. The fourth-order valence-corrected chi connectivity index (χ4v) is 3.81. The maximum absolute atomic E-state index is 13.1. The third-order valence-electron chi connectivity index (χ3n) is 4.69. The van der Waals surface area contributed by atoms with Crippen LogP contribution < -0.4 is 0 Å². The van der Waals surface area contributed by atoms with Gasteiger partial charge < -0.3 is 4.57 Å². The maximum atomic E-state index is 13.1. The molecule has 0 amide bonds. The van der Waals surface area contributed by atoms with E-state index in [4.69, 9.17) is 0 Å². The van der Waals surface area contributed by atoms with Crippen molar-refractivity contribution >= 4 is 17.5 Å². The maximum Gasteiger partial charge on any atom is 0.191 e. The minimum Gasteiger partial charge on any atom is -0.305 e. The van der Waals surface area contributed by atoms with Crippen molar-refractivity contribution in [3.8, 4) is 11.4 Å². The summed E-state index contributed by atoms with van der Waals surface area (Å²) in [6.45, 7) is 7.91. The van der Waals surface area contributed by atoms with Crippen LogP contribution >= 0.6 is 11.8 Å². The van der Waals surface area contributed by atoms with Gasteiger partial charge in [0.2, 0.25) is 0 Å². The number of benzene rings is 2. The van der Waals surface area contributed by atoms with Gasteiger partial charge in [-0.2, -0.15) is 0 Å². The van der Waals surface area contributed by atoms with E-state index < -0.39 is 0 Å². The molecular formula is C21H22FN3OS. The summed E-state index contributed by atoms with van der Waals surface area (Å²) in [6, 6.07) is 10.1. The van der Waals surface area contributed by atoms with Gasteiger partial charge in [-0.1, -0.05) is 17.8 Å². The molecule has 1 heterocycles. The van der Waals surface area contributed by atoms with E-state index in [1.165, 1.54) is 29.5 Å². The highest BCUT2D eigenvalue weighted by Gasteiger charge is 2.22. The summed E-state index contributed by atoms with van der Waals surface area (Å²) < 4.78 is 15.0. The van der Waals surface area contributed by atoms with Crippen LogP contribution in [-0.2, 0) is 7.05 Å². The van der Waals surface area contributed by atoms with Gasteiger partial charge in [-0.05, 0) is 74.7 Å². The summed E-state index contributed by atoms with van der Waals surface area (Å²) in [7, 11) is 1.85. The Balaban J connectivity index is 1.82. The monoisotopic (exact) mass is 383 g/mol. The first kappa shape index (κ1) is 19.3. The van der Waals surface area contributed by atoms with E-state index in [0.717, 1.165) is 22.3 Å². The van der Waals surface area contributed by atoms with Crippen LogP contribution in [0.3, 0.4) is 0 Å². The number of ketones is 1. The Morgan fingerprint density at radius 2 is 1.67 bits per heavy atom. The number of aromatic nitrogens is 3. The standard InChI is InChI=1S/C21H22FN3OS/c1-12-10-14(3)18(11-13(12)2)19(26)15(4)27-21-24-23-20(25(21)5)16-6-8-17(22)9-7-16/h6-11,15H,1-5H3/t15-/m0/s1. The Bertz CT molecular complexity index is 995. The van der Waals surface area contributed by atoms with Crippen molar-refractivity contribution < 1.29 is 9.18 Å². The molecule has 1 atom stereocenters. The predicted octanol–water partition coefficient (Wildman–Crippen LogP) is 4.91. The molecule has 0 saturated heterocycles. The molecule has 3 aromatic rings. The second-order valence-electron chi connectivity index (χ2n) is 6.75. The van der Waals surface area contributed by atoms with Gasteiger partial charge in [0.05, 0.1) is 5.25 Å². The summed E-state index contributed by atoms with van der Waals surface area (Å²) in [5.41, 5.74) is 4.81. The first-order valence-corrected chi connectivity index (χ1v) is 9.60. The molecule has 0 fully saturated rings. The molecule has 0 aliphatic heterocycles. The number of hydrogen-bond acceptors (Lipinski definition) is 4. The normalized spacial score (nSPS) is 12.2. The summed E-state index contributed by atoms with van der Waals surface area (Å²) in [5, 5.41) is 8.77. The topological polar surface area (TPSA) is 47.8 Å². The molecule has 140 valence electrons. The van der Waals surface area contributed by atoms with Gasteiger partial charge in [0.25, 0.3) is 0 Å². The summed E-state index contributed by atoms with van der Waals surface area (Å²) in [6.07, 6.45) is 0. The van der Waals surface area contributed by atoms with Crippen molar-refractivity contribution in [2.75, 3.05) is 0 Å². The lowest BCUT2D eigenvalue weighted by molar-refractivity contribution is 0.0993. The van der Waals surface area contributed by atoms with Crippen molar-refractivity contribution in [2.24, 2.45) is 7.05 Å². The van der Waals surface area contributed by atoms with Gasteiger partial charge in [-0.15, -0.1) is 10.2 Å². The quantitative estimate of drug-likeness (QED) is 0.464. The van der Waals surface area contributed by atoms with E-state index in [9.17, 15) is 9.18 Å². The van der Waals surface area contributed by atoms with Crippen molar-refractivity contribution in [1.29, 1.82) is 0 Å². The minimum absolute atomic E-state index is 0.0759. The number of hydrogen-bond donors (Lipinski definition) is 0. The van der Waals surface area contributed by atoms with E-state index in [-0.39, 0.29) is 16.9 Å². The fraction of sp³-hybridized carbons (Fsp3) is 0.286. The minimum atomic E-state index is -0.297. The van der Waals surface area contributed by atoms with Crippen LogP contribution in [0, 0.1) is 26.6 Å². The third kappa shape index (κ3) is 3.95. The van der Waals surface area contributed by atoms with Crippen molar-refractivity contribution in [3.05, 3.63) is 64.5 Å². The number of thioether (sulfide) groups is 1. The second kappa shape index (κ2) is 7.64. The van der Waals surface area contributed by atoms with Crippen molar-refractivity contribution in [1.82, 2.24) is 14.8 Å². The van der Waals surface area contributed by atoms with Gasteiger partial charge in [0.15, 0.2) is 16.8 Å². The van der Waals surface area contributed by atoms with Crippen LogP contribution in [0.1, 0.15) is 34.0 Å². The van der Waals surface area contributed by atoms with Crippen LogP contribution in [0.15, 0.2) is 41.6 Å². The van der Waals surface area contributed by atoms with E-state index >= 15 is 0 Å². The first-order valence-electron chi connectivity index (χ1n) is 8.72. The van der Waals surface area contributed by atoms with Crippen LogP contribution in [-0.4, -0.2) is 25.8 Å². The molecule has 4 nitrogen and oxygen atoms in total. The molecule has 0 N–H and O–H groups in total. The summed E-state index contributed by atoms with van der Waals surface area (Å²) >= 11 is 1.38. The van der Waals surface area contributed by atoms with Gasteiger partial charge in [-0.25, -0.2) is 4.39 Å². The lowest BCUT2D eigenvalue weighted by atomic mass is 9.97. The van der Waals surface area contributed by atoms with Crippen LogP contribution in [0.25, 0.3) is 11.4 Å².